The lowest BCUT2D eigenvalue weighted by molar-refractivity contribution is 0.0687. The lowest BCUT2D eigenvalue weighted by Crippen LogP contribution is -2.08. The number of hydrogen-bond acceptors (Lipinski definition) is 6. The molecule has 0 aliphatic carbocycles. The van der Waals surface area contributed by atoms with E-state index in [2.05, 4.69) is 23.5 Å². The molecule has 2 rings (SSSR count). The summed E-state index contributed by atoms with van der Waals surface area (Å²) in [6.45, 7) is 4.73. The number of carboxylic acid groups (broad SMARTS) is 1. The molecule has 0 aliphatic heterocycles. The first-order chi connectivity index (χ1) is 13.0. The second-order valence-electron chi connectivity index (χ2n) is 5.53. The zero-order valence-electron chi connectivity index (χ0n) is 15.2. The minimum absolute atomic E-state index is 0.122. The molecule has 0 amide bonds. The van der Waals surface area contributed by atoms with Gasteiger partial charge in [0.1, 0.15) is 5.69 Å². The summed E-state index contributed by atoms with van der Waals surface area (Å²) in [5, 5.41) is 50.9. The van der Waals surface area contributed by atoms with Gasteiger partial charge in [-0.1, -0.05) is 12.1 Å². The maximum atomic E-state index is 11.5. The van der Waals surface area contributed by atoms with Gasteiger partial charge >= 0.3 is 5.97 Å². The number of benzene rings is 1. The summed E-state index contributed by atoms with van der Waals surface area (Å²) in [6.07, 6.45) is 0. The van der Waals surface area contributed by atoms with Crippen LogP contribution in [0.15, 0.2) is 25.3 Å². The molecule has 1 aromatic heterocycles. The van der Waals surface area contributed by atoms with Gasteiger partial charge in [-0.15, -0.1) is 13.2 Å². The molecule has 1 heterocycles. The number of aromatic nitrogens is 1. The Bertz CT molecular complexity index is 785. The Labute approximate surface area is 157 Å². The predicted octanol–water partition coefficient (Wildman–Crippen LogP) is 0.871. The number of aromatic carboxylic acids is 1. The van der Waals surface area contributed by atoms with Gasteiger partial charge in [-0.2, -0.15) is 0 Å². The molecule has 0 aliphatic rings. The summed E-state index contributed by atoms with van der Waals surface area (Å²) in [6, 6.07) is 3.25. The molecule has 0 radical (unpaired) electrons. The summed E-state index contributed by atoms with van der Waals surface area (Å²) < 4.78 is 0. The molecule has 7 N–H and O–H groups in total. The van der Waals surface area contributed by atoms with Crippen molar-refractivity contribution in [1.82, 2.24) is 10.3 Å². The Morgan fingerprint density at radius 1 is 1.00 bits per heavy atom. The molecule has 0 saturated carbocycles. The highest BCUT2D eigenvalue weighted by atomic mass is 16.4. The van der Waals surface area contributed by atoms with Crippen molar-refractivity contribution >= 4 is 5.97 Å². The number of rotatable bonds is 8. The minimum atomic E-state index is -1.20. The molecule has 8 nitrogen and oxygen atoms in total. The summed E-state index contributed by atoms with van der Waals surface area (Å²) in [5.41, 5.74) is 2.84. The standard InChI is InChI=1S/C17H22N2O6.C2H4/c1-18-4-14-15(13(8-23)16(19-14)17(24)25)10-3-2-9(5-20)11(6-21)12(10)7-22;1-2/h2-3,18-23H,4-8H2,1H3,(H,24,25);1-2H2. The monoisotopic (exact) mass is 378 g/mol. The molecule has 0 unspecified atom stereocenters. The number of carbonyl (C=O) groups is 1. The third-order valence-corrected chi connectivity index (χ3v) is 4.19. The molecule has 0 bridgehead atoms. The summed E-state index contributed by atoms with van der Waals surface area (Å²) in [5.74, 6) is -1.20. The lowest BCUT2D eigenvalue weighted by atomic mass is 9.90. The van der Waals surface area contributed by atoms with Crippen LogP contribution in [0, 0.1) is 0 Å². The fraction of sp³-hybridized carbons (Fsp3) is 0.316. The van der Waals surface area contributed by atoms with Gasteiger partial charge in [-0.05, 0) is 29.3 Å². The second-order valence-corrected chi connectivity index (χ2v) is 5.53. The number of carboxylic acids is 1. The third kappa shape index (κ3) is 4.44. The van der Waals surface area contributed by atoms with Crippen molar-refractivity contribution in [1.29, 1.82) is 0 Å². The van der Waals surface area contributed by atoms with E-state index < -0.39 is 19.2 Å². The van der Waals surface area contributed by atoms with E-state index in [4.69, 9.17) is 0 Å². The van der Waals surface area contributed by atoms with Crippen molar-refractivity contribution in [2.75, 3.05) is 7.05 Å². The Morgan fingerprint density at radius 2 is 1.59 bits per heavy atom. The third-order valence-electron chi connectivity index (χ3n) is 4.19. The number of H-pyrrole nitrogens is 1. The molecule has 148 valence electrons. The van der Waals surface area contributed by atoms with E-state index in [1.165, 1.54) is 0 Å². The van der Waals surface area contributed by atoms with Crippen LogP contribution < -0.4 is 5.32 Å². The van der Waals surface area contributed by atoms with E-state index in [9.17, 15) is 30.3 Å². The zero-order chi connectivity index (χ0) is 20.6. The van der Waals surface area contributed by atoms with Crippen LogP contribution in [0.5, 0.6) is 0 Å². The molecular weight excluding hydrogens is 352 g/mol. The molecule has 8 heteroatoms. The fourth-order valence-corrected chi connectivity index (χ4v) is 3.07. The molecule has 0 saturated heterocycles. The van der Waals surface area contributed by atoms with Gasteiger partial charge in [0.15, 0.2) is 0 Å². The van der Waals surface area contributed by atoms with E-state index >= 15 is 0 Å². The van der Waals surface area contributed by atoms with Crippen molar-refractivity contribution in [2.24, 2.45) is 0 Å². The van der Waals surface area contributed by atoms with Crippen LogP contribution in [0.1, 0.15) is 38.4 Å². The highest BCUT2D eigenvalue weighted by molar-refractivity contribution is 5.92. The fourth-order valence-electron chi connectivity index (χ4n) is 3.07. The highest BCUT2D eigenvalue weighted by Gasteiger charge is 2.25. The van der Waals surface area contributed by atoms with Crippen molar-refractivity contribution in [3.8, 4) is 11.1 Å². The molecule has 1 aromatic carbocycles. The summed E-state index contributed by atoms with van der Waals surface area (Å²) in [4.78, 5) is 14.3. The molecule has 0 spiro atoms. The van der Waals surface area contributed by atoms with Gasteiger partial charge in [0.2, 0.25) is 0 Å². The molecule has 27 heavy (non-hydrogen) atoms. The average molecular weight is 378 g/mol. The topological polar surface area (TPSA) is 146 Å². The van der Waals surface area contributed by atoms with Crippen LogP contribution in [-0.4, -0.2) is 43.5 Å². The quantitative estimate of drug-likeness (QED) is 0.337. The zero-order valence-corrected chi connectivity index (χ0v) is 15.2. The Hall–Kier alpha value is -2.49. The van der Waals surface area contributed by atoms with Crippen LogP contribution in [0.2, 0.25) is 0 Å². The number of aliphatic hydroxyl groups excluding tert-OH is 4. The smallest absolute Gasteiger partial charge is 0.352 e. The second kappa shape index (κ2) is 10.6. The molecule has 0 atom stereocenters. The number of nitrogens with one attached hydrogen (secondary N) is 2. The van der Waals surface area contributed by atoms with Crippen molar-refractivity contribution in [2.45, 2.75) is 33.0 Å². The van der Waals surface area contributed by atoms with Crippen LogP contribution in [0.4, 0.5) is 0 Å². The molecule has 0 fully saturated rings. The van der Waals surface area contributed by atoms with Crippen molar-refractivity contribution in [3.63, 3.8) is 0 Å². The number of aromatic amines is 1. The van der Waals surface area contributed by atoms with Crippen LogP contribution >= 0.6 is 0 Å². The minimum Gasteiger partial charge on any atom is -0.477 e. The predicted molar refractivity (Wildman–Crippen MR) is 101 cm³/mol. The first-order valence-electron chi connectivity index (χ1n) is 8.22. The Balaban J connectivity index is 0.00000176. The summed E-state index contributed by atoms with van der Waals surface area (Å²) >= 11 is 0. The van der Waals surface area contributed by atoms with Crippen LogP contribution in [-0.2, 0) is 33.0 Å². The van der Waals surface area contributed by atoms with E-state index in [0.717, 1.165) is 0 Å². The largest absolute Gasteiger partial charge is 0.477 e. The van der Waals surface area contributed by atoms with Gasteiger partial charge in [-0.3, -0.25) is 0 Å². The average Bonchev–Trinajstić information content (AvgIpc) is 3.06. The molecular formula is C19H26N2O6. The van der Waals surface area contributed by atoms with Gasteiger partial charge in [-0.25, -0.2) is 4.79 Å². The van der Waals surface area contributed by atoms with Gasteiger partial charge < -0.3 is 35.8 Å². The van der Waals surface area contributed by atoms with E-state index in [0.29, 0.717) is 40.1 Å². The Kier molecular flexibility index (Phi) is 8.86. The van der Waals surface area contributed by atoms with Crippen molar-refractivity contribution in [3.05, 3.63) is 58.9 Å². The lowest BCUT2D eigenvalue weighted by Gasteiger charge is -2.17. The van der Waals surface area contributed by atoms with Crippen LogP contribution in [0.25, 0.3) is 11.1 Å². The van der Waals surface area contributed by atoms with Crippen molar-refractivity contribution < 1.29 is 30.3 Å². The number of hydrogen-bond donors (Lipinski definition) is 7. The van der Waals surface area contributed by atoms with Crippen LogP contribution in [0.3, 0.4) is 0 Å². The van der Waals surface area contributed by atoms with E-state index in [-0.39, 0.29) is 24.5 Å². The SMILES string of the molecule is C=C.CNCc1[nH]c(C(=O)O)c(CO)c1-c1ccc(CO)c(CO)c1CO. The maximum absolute atomic E-state index is 11.5. The van der Waals surface area contributed by atoms with Gasteiger partial charge in [0, 0.05) is 23.4 Å². The summed E-state index contributed by atoms with van der Waals surface area (Å²) in [7, 11) is 1.70. The van der Waals surface area contributed by atoms with E-state index in [1.54, 1.807) is 19.2 Å². The maximum Gasteiger partial charge on any atom is 0.352 e. The van der Waals surface area contributed by atoms with E-state index in [1.807, 2.05) is 0 Å². The number of aliphatic hydroxyl groups is 4. The van der Waals surface area contributed by atoms with Gasteiger partial charge in [0.25, 0.3) is 0 Å². The first kappa shape index (κ1) is 22.6. The van der Waals surface area contributed by atoms with Gasteiger partial charge in [0.05, 0.1) is 26.4 Å². The normalized spacial score (nSPS) is 10.4. The highest BCUT2D eigenvalue weighted by Crippen LogP contribution is 2.36. The Morgan fingerprint density at radius 3 is 2.04 bits per heavy atom. The first-order valence-corrected chi connectivity index (χ1v) is 8.22. The molecule has 2 aromatic rings.